The van der Waals surface area contributed by atoms with Gasteiger partial charge in [-0.1, -0.05) is 12.8 Å². The van der Waals surface area contributed by atoms with E-state index in [-0.39, 0.29) is 59.8 Å². The van der Waals surface area contributed by atoms with Crippen LogP contribution in [0, 0.1) is 0 Å². The number of hydrogen-bond acceptors (Lipinski definition) is 7. The molecule has 3 N–H and O–H groups in total. The van der Waals surface area contributed by atoms with Crippen LogP contribution in [-0.4, -0.2) is 82.1 Å². The van der Waals surface area contributed by atoms with Crippen LogP contribution < -0.4 is 16.0 Å². The first-order chi connectivity index (χ1) is 15.9. The van der Waals surface area contributed by atoms with Crippen LogP contribution in [0.2, 0.25) is 0 Å². The first kappa shape index (κ1) is 25.9. The highest BCUT2D eigenvalue weighted by atomic mass is 32.2. The summed E-state index contributed by atoms with van der Waals surface area (Å²) in [7, 11) is 0. The maximum absolute atomic E-state index is 12.1. The molecule has 3 saturated heterocycles. The first-order valence-electron chi connectivity index (χ1n) is 11.7. The Morgan fingerprint density at radius 1 is 1.09 bits per heavy atom. The highest BCUT2D eigenvalue weighted by Crippen LogP contribution is 2.33. The fraction of sp³-hybridized carbons (Fsp3) is 0.773. The third-order valence-corrected chi connectivity index (χ3v) is 8.83. The molecule has 0 spiro atoms. The molecule has 0 aromatic rings. The topological polar surface area (TPSA) is 125 Å². The number of thioether (sulfide) groups is 2. The quantitative estimate of drug-likeness (QED) is 0.188. The monoisotopic (exact) mass is 498 g/mol. The zero-order chi connectivity index (χ0) is 23.8. The number of Topliss-reactive ketones (excluding diaryl/α,β-unsaturated/α-hetero) is 1. The van der Waals surface area contributed by atoms with Crippen LogP contribution in [-0.2, 0) is 19.2 Å². The average molecular weight is 499 g/mol. The molecule has 184 valence electrons. The molecule has 0 bridgehead atoms. The number of ketones is 1. The van der Waals surface area contributed by atoms with Crippen LogP contribution in [0.3, 0.4) is 0 Å². The Hall–Kier alpha value is -1.75. The predicted octanol–water partition coefficient (Wildman–Crippen LogP) is 1.45. The number of urea groups is 1. The largest absolute Gasteiger partial charge is 0.349 e. The minimum absolute atomic E-state index is 0.00278. The van der Waals surface area contributed by atoms with E-state index in [1.165, 1.54) is 16.7 Å². The van der Waals surface area contributed by atoms with E-state index < -0.39 is 0 Å². The van der Waals surface area contributed by atoms with E-state index in [1.807, 2.05) is 18.0 Å². The third-order valence-electron chi connectivity index (χ3n) is 6.39. The lowest BCUT2D eigenvalue weighted by Gasteiger charge is -2.16. The van der Waals surface area contributed by atoms with Crippen molar-refractivity contribution >= 4 is 53.1 Å². The zero-order valence-corrected chi connectivity index (χ0v) is 20.7. The Balaban J connectivity index is 1.17. The number of fused-ring (bicyclic) bond motifs is 1. The Morgan fingerprint density at radius 3 is 2.64 bits per heavy atom. The molecule has 0 radical (unpaired) electrons. The molecule has 33 heavy (non-hydrogen) atoms. The molecule has 0 aliphatic carbocycles. The van der Waals surface area contributed by atoms with E-state index >= 15 is 0 Å². The summed E-state index contributed by atoms with van der Waals surface area (Å²) in [4.78, 5) is 60.7. The second-order valence-electron chi connectivity index (χ2n) is 8.81. The van der Waals surface area contributed by atoms with E-state index in [4.69, 9.17) is 0 Å². The summed E-state index contributed by atoms with van der Waals surface area (Å²) in [6.07, 6.45) is 7.69. The number of carbonyl (C=O) groups excluding carboxylic acids is 5. The lowest BCUT2D eigenvalue weighted by atomic mass is 10.0. The smallest absolute Gasteiger partial charge is 0.315 e. The minimum Gasteiger partial charge on any atom is -0.349 e. The van der Waals surface area contributed by atoms with Gasteiger partial charge in [0.25, 0.3) is 0 Å². The summed E-state index contributed by atoms with van der Waals surface area (Å²) in [5, 5.41) is 8.75. The molecule has 3 aliphatic rings. The first-order valence-corrected chi connectivity index (χ1v) is 14.1. The Labute approximate surface area is 203 Å². The highest BCUT2D eigenvalue weighted by Gasteiger charge is 2.42. The second-order valence-corrected chi connectivity index (χ2v) is 11.1. The summed E-state index contributed by atoms with van der Waals surface area (Å²) in [5.41, 5.74) is 0. The third kappa shape index (κ3) is 7.37. The van der Waals surface area contributed by atoms with Gasteiger partial charge >= 0.3 is 6.03 Å². The van der Waals surface area contributed by atoms with Gasteiger partial charge in [0.05, 0.1) is 23.9 Å². The van der Waals surface area contributed by atoms with E-state index in [1.54, 1.807) is 0 Å². The van der Waals surface area contributed by atoms with Gasteiger partial charge in [-0.15, -0.1) is 0 Å². The minimum atomic E-state index is -0.246. The van der Waals surface area contributed by atoms with Crippen molar-refractivity contribution in [1.82, 2.24) is 20.9 Å². The van der Waals surface area contributed by atoms with Gasteiger partial charge in [0.15, 0.2) is 5.78 Å². The van der Waals surface area contributed by atoms with Gasteiger partial charge in [0.2, 0.25) is 17.7 Å². The van der Waals surface area contributed by atoms with E-state index in [9.17, 15) is 24.0 Å². The number of hydrogen-bond donors (Lipinski definition) is 3. The number of unbranched alkanes of at least 4 members (excludes halogenated alkanes) is 3. The standard InChI is InChI=1S/C22H34N4O5S2/c1-32-17-11-19(29)26(21(17)30)10-6-2-3-7-14(27)12-23-18(28)9-5-4-8-16-20-15(13-33-16)24-22(31)25-20/h15-17,20H,2-13H2,1H3,(H,23,28)(H2,24,25,31). The van der Waals surface area contributed by atoms with Crippen molar-refractivity contribution in [3.63, 3.8) is 0 Å². The van der Waals surface area contributed by atoms with E-state index in [0.717, 1.165) is 31.4 Å². The van der Waals surface area contributed by atoms with Gasteiger partial charge in [-0.05, 0) is 31.9 Å². The number of nitrogens with one attached hydrogen (secondary N) is 3. The summed E-state index contributed by atoms with van der Waals surface area (Å²) < 4.78 is 0. The molecule has 11 heteroatoms. The van der Waals surface area contributed by atoms with Gasteiger partial charge in [-0.2, -0.15) is 23.5 Å². The fourth-order valence-electron chi connectivity index (χ4n) is 4.49. The van der Waals surface area contributed by atoms with E-state index in [2.05, 4.69) is 16.0 Å². The summed E-state index contributed by atoms with van der Waals surface area (Å²) >= 11 is 3.28. The fourth-order valence-corrected chi connectivity index (χ4v) is 6.67. The van der Waals surface area contributed by atoms with Crippen molar-refractivity contribution in [3.8, 4) is 0 Å². The second kappa shape index (κ2) is 12.6. The van der Waals surface area contributed by atoms with Crippen molar-refractivity contribution < 1.29 is 24.0 Å². The lowest BCUT2D eigenvalue weighted by molar-refractivity contribution is -0.138. The Morgan fingerprint density at radius 2 is 1.88 bits per heavy atom. The summed E-state index contributed by atoms with van der Waals surface area (Å²) in [5.74, 6) is 0.623. The predicted molar refractivity (Wildman–Crippen MR) is 129 cm³/mol. The lowest BCUT2D eigenvalue weighted by Crippen LogP contribution is -2.36. The Bertz CT molecular complexity index is 765. The molecule has 3 heterocycles. The molecule has 0 aromatic heterocycles. The van der Waals surface area contributed by atoms with Crippen molar-refractivity contribution in [2.24, 2.45) is 0 Å². The summed E-state index contributed by atoms with van der Waals surface area (Å²) in [6.45, 7) is 0.473. The molecule has 9 nitrogen and oxygen atoms in total. The molecule has 0 aromatic carbocycles. The number of rotatable bonds is 14. The Kier molecular flexibility index (Phi) is 9.91. The number of carbonyl (C=O) groups is 5. The molecule has 4 atom stereocenters. The zero-order valence-electron chi connectivity index (χ0n) is 19.1. The van der Waals surface area contributed by atoms with Crippen molar-refractivity contribution in [1.29, 1.82) is 0 Å². The summed E-state index contributed by atoms with van der Waals surface area (Å²) in [6, 6.07) is 0.331. The number of amides is 5. The number of imide groups is 1. The van der Waals surface area contributed by atoms with Crippen LogP contribution in [0.1, 0.15) is 57.8 Å². The normalized spacial score (nSPS) is 26.3. The molecular formula is C22H34N4O5S2. The van der Waals surface area contributed by atoms with Crippen LogP contribution in [0.5, 0.6) is 0 Å². The van der Waals surface area contributed by atoms with Crippen molar-refractivity contribution in [3.05, 3.63) is 0 Å². The average Bonchev–Trinajstić information content (AvgIpc) is 3.42. The van der Waals surface area contributed by atoms with Crippen LogP contribution >= 0.6 is 23.5 Å². The van der Waals surface area contributed by atoms with Gasteiger partial charge in [0.1, 0.15) is 0 Å². The van der Waals surface area contributed by atoms with Gasteiger partial charge in [-0.25, -0.2) is 4.79 Å². The molecule has 5 amide bonds. The molecule has 3 rings (SSSR count). The van der Waals surface area contributed by atoms with Gasteiger partial charge in [-0.3, -0.25) is 24.1 Å². The highest BCUT2D eigenvalue weighted by molar-refractivity contribution is 8.00. The van der Waals surface area contributed by atoms with Crippen molar-refractivity contribution in [2.45, 2.75) is 80.4 Å². The van der Waals surface area contributed by atoms with Crippen molar-refractivity contribution in [2.75, 3.05) is 25.1 Å². The number of likely N-dealkylation sites (tertiary alicyclic amines) is 1. The van der Waals surface area contributed by atoms with Crippen LogP contribution in [0.25, 0.3) is 0 Å². The SMILES string of the molecule is CSC1CC(=O)N(CCCCCC(=O)CNC(=O)CCCCC2SCC3NC(=O)NC32)C1=O. The van der Waals surface area contributed by atoms with E-state index in [0.29, 0.717) is 37.5 Å². The molecule has 3 aliphatic heterocycles. The van der Waals surface area contributed by atoms with Crippen LogP contribution in [0.4, 0.5) is 4.79 Å². The van der Waals surface area contributed by atoms with Crippen LogP contribution in [0.15, 0.2) is 0 Å². The maximum Gasteiger partial charge on any atom is 0.315 e. The van der Waals surface area contributed by atoms with Gasteiger partial charge in [0, 0.05) is 36.8 Å². The molecule has 0 saturated carbocycles. The van der Waals surface area contributed by atoms with Gasteiger partial charge < -0.3 is 16.0 Å². The number of nitrogens with zero attached hydrogens (tertiary/aromatic N) is 1. The molecular weight excluding hydrogens is 464 g/mol. The molecule has 3 fully saturated rings. The molecule has 4 unspecified atom stereocenters. The maximum atomic E-state index is 12.1.